The number of carbonyl (C=O) groups excluding carboxylic acids is 1. The molecule has 0 aliphatic carbocycles. The van der Waals surface area contributed by atoms with Crippen LogP contribution in [0.1, 0.15) is 28.4 Å². The number of aromatic nitrogens is 4. The van der Waals surface area contributed by atoms with E-state index in [1.54, 1.807) is 24.5 Å². The Balaban J connectivity index is 1.50. The van der Waals surface area contributed by atoms with Crippen LogP contribution in [0.3, 0.4) is 0 Å². The number of hydrogen-bond donors (Lipinski definition) is 4. The molecule has 0 fully saturated rings. The van der Waals surface area contributed by atoms with Gasteiger partial charge in [0, 0.05) is 23.5 Å². The van der Waals surface area contributed by atoms with E-state index in [2.05, 4.69) is 44.2 Å². The van der Waals surface area contributed by atoms with E-state index in [4.69, 9.17) is 0 Å². The van der Waals surface area contributed by atoms with Crippen LogP contribution in [-0.2, 0) is 6.42 Å². The van der Waals surface area contributed by atoms with Gasteiger partial charge < -0.3 is 10.4 Å². The topological polar surface area (TPSA) is 141 Å². The summed E-state index contributed by atoms with van der Waals surface area (Å²) in [5.41, 5.74) is 8.26. The number of aromatic hydroxyl groups is 1. The first-order valence-corrected chi connectivity index (χ1v) is 11.5. The lowest BCUT2D eigenvalue weighted by Gasteiger charge is -2.17. The Morgan fingerprint density at radius 2 is 1.81 bits per heavy atom. The van der Waals surface area contributed by atoms with Gasteiger partial charge in [0.2, 0.25) is 0 Å². The highest BCUT2D eigenvalue weighted by Crippen LogP contribution is 2.37. The molecule has 0 atom stereocenters. The first-order chi connectivity index (χ1) is 18.1. The number of anilines is 3. The number of nitrogens with one attached hydrogen (secondary N) is 3. The number of hydrazine groups is 1. The Kier molecular flexibility index (Phi) is 6.33. The molecule has 2 heterocycles. The van der Waals surface area contributed by atoms with Crippen LogP contribution in [0.4, 0.5) is 17.2 Å². The molecule has 4 N–H and O–H groups in total. The van der Waals surface area contributed by atoms with Crippen LogP contribution in [-0.4, -0.2) is 30.8 Å². The van der Waals surface area contributed by atoms with Gasteiger partial charge in [-0.25, -0.2) is 9.97 Å². The number of nitriles is 1. The Morgan fingerprint density at radius 3 is 2.54 bits per heavy atom. The molecule has 3 aromatic carbocycles. The van der Waals surface area contributed by atoms with Crippen LogP contribution in [0.5, 0.6) is 5.75 Å². The normalized spacial score (nSPS) is 10.6. The van der Waals surface area contributed by atoms with E-state index in [0.29, 0.717) is 11.1 Å². The van der Waals surface area contributed by atoms with Crippen molar-refractivity contribution in [3.63, 3.8) is 0 Å². The van der Waals surface area contributed by atoms with Crippen molar-refractivity contribution in [2.24, 2.45) is 0 Å². The second-order valence-electron chi connectivity index (χ2n) is 8.10. The van der Waals surface area contributed by atoms with Gasteiger partial charge in [0.1, 0.15) is 17.3 Å². The average Bonchev–Trinajstić information content (AvgIpc) is 3.36. The van der Waals surface area contributed by atoms with Crippen molar-refractivity contribution < 1.29 is 9.90 Å². The smallest absolute Gasteiger partial charge is 0.259 e. The summed E-state index contributed by atoms with van der Waals surface area (Å²) in [5, 5.41) is 29.2. The number of carbonyl (C=O) groups is 1. The minimum Gasteiger partial charge on any atom is -0.505 e. The molecule has 0 aliphatic rings. The zero-order valence-electron chi connectivity index (χ0n) is 19.8. The number of nitrogens with zero attached hydrogens (tertiary/aromatic N) is 5. The Bertz CT molecular complexity index is 1620. The van der Waals surface area contributed by atoms with E-state index in [0.717, 1.165) is 17.4 Å². The summed E-state index contributed by atoms with van der Waals surface area (Å²) in [7, 11) is 0. The Morgan fingerprint density at radius 1 is 1.05 bits per heavy atom. The highest BCUT2D eigenvalue weighted by molar-refractivity contribution is 6.12. The molecule has 182 valence electrons. The molecule has 2 aromatic heterocycles. The third-order valence-electron chi connectivity index (χ3n) is 5.82. The number of amides is 1. The van der Waals surface area contributed by atoms with Crippen molar-refractivity contribution in [1.29, 1.82) is 5.26 Å². The predicted octanol–water partition coefficient (Wildman–Crippen LogP) is 4.65. The van der Waals surface area contributed by atoms with Gasteiger partial charge in [-0.2, -0.15) is 15.0 Å². The molecule has 1 amide bonds. The highest BCUT2D eigenvalue weighted by Gasteiger charge is 2.20. The van der Waals surface area contributed by atoms with Crippen LogP contribution in [0.15, 0.2) is 79.3 Å². The minimum atomic E-state index is -0.462. The summed E-state index contributed by atoms with van der Waals surface area (Å²) in [6, 6.07) is 20.2. The lowest BCUT2D eigenvalue weighted by molar-refractivity contribution is 0.102. The molecule has 0 aliphatic heterocycles. The SMILES string of the molecule is CCc1ccc(NC(=O)c2cc3ccccc3c(NNc3c(C#N)cnn3-c3ncccn3)c2O)cc1. The first kappa shape index (κ1) is 23.3. The van der Waals surface area contributed by atoms with Crippen molar-refractivity contribution in [2.75, 3.05) is 16.2 Å². The molecule has 37 heavy (non-hydrogen) atoms. The maximum absolute atomic E-state index is 13.2. The van der Waals surface area contributed by atoms with Gasteiger partial charge in [0.15, 0.2) is 11.6 Å². The minimum absolute atomic E-state index is 0.0861. The quantitative estimate of drug-likeness (QED) is 0.191. The molecular weight excluding hydrogens is 468 g/mol. The second-order valence-corrected chi connectivity index (χ2v) is 8.10. The zero-order chi connectivity index (χ0) is 25.8. The van der Waals surface area contributed by atoms with E-state index in [1.165, 1.54) is 10.9 Å². The van der Waals surface area contributed by atoms with E-state index >= 15 is 0 Å². The van der Waals surface area contributed by atoms with Crippen LogP contribution >= 0.6 is 0 Å². The summed E-state index contributed by atoms with van der Waals surface area (Å²) < 4.78 is 1.36. The highest BCUT2D eigenvalue weighted by atomic mass is 16.3. The largest absolute Gasteiger partial charge is 0.505 e. The van der Waals surface area contributed by atoms with Crippen LogP contribution in [0.2, 0.25) is 0 Å². The molecule has 0 spiro atoms. The van der Waals surface area contributed by atoms with Crippen LogP contribution in [0, 0.1) is 11.3 Å². The van der Waals surface area contributed by atoms with E-state index in [-0.39, 0.29) is 34.3 Å². The molecule has 5 rings (SSSR count). The molecule has 0 bridgehead atoms. The van der Waals surface area contributed by atoms with Crippen LogP contribution in [0.25, 0.3) is 16.7 Å². The fourth-order valence-corrected chi connectivity index (χ4v) is 3.88. The summed E-state index contributed by atoms with van der Waals surface area (Å²) in [6.07, 6.45) is 5.39. The van der Waals surface area contributed by atoms with Gasteiger partial charge >= 0.3 is 0 Å². The van der Waals surface area contributed by atoms with Crippen molar-refractivity contribution in [3.8, 4) is 17.8 Å². The van der Waals surface area contributed by atoms with Gasteiger partial charge in [-0.3, -0.25) is 15.6 Å². The fraction of sp³-hybridized carbons (Fsp3) is 0.0741. The average molecular weight is 491 g/mol. The van der Waals surface area contributed by atoms with E-state index < -0.39 is 5.91 Å². The van der Waals surface area contributed by atoms with Crippen LogP contribution < -0.4 is 16.2 Å². The summed E-state index contributed by atoms with van der Waals surface area (Å²) in [5.74, 6) is -0.196. The van der Waals surface area contributed by atoms with Gasteiger partial charge in [0.25, 0.3) is 11.9 Å². The Hall–Kier alpha value is -5.43. The molecule has 10 heteroatoms. The summed E-state index contributed by atoms with van der Waals surface area (Å²) in [4.78, 5) is 21.5. The molecule has 0 radical (unpaired) electrons. The first-order valence-electron chi connectivity index (χ1n) is 11.5. The predicted molar refractivity (Wildman–Crippen MR) is 141 cm³/mol. The number of hydrogen-bond acceptors (Lipinski definition) is 8. The second kappa shape index (κ2) is 10.1. The van der Waals surface area contributed by atoms with Gasteiger partial charge in [-0.15, -0.1) is 0 Å². The molecule has 5 aromatic rings. The number of phenols is 1. The molecule has 0 unspecified atom stereocenters. The lowest BCUT2D eigenvalue weighted by Crippen LogP contribution is -2.17. The van der Waals surface area contributed by atoms with Crippen molar-refractivity contribution >= 4 is 33.9 Å². The number of phenolic OH excluding ortho intramolecular Hbond substituents is 1. The third-order valence-corrected chi connectivity index (χ3v) is 5.82. The van der Waals surface area contributed by atoms with Crippen molar-refractivity contribution in [1.82, 2.24) is 19.7 Å². The van der Waals surface area contributed by atoms with Gasteiger partial charge in [-0.1, -0.05) is 43.3 Å². The fourth-order valence-electron chi connectivity index (χ4n) is 3.88. The van der Waals surface area contributed by atoms with Crippen molar-refractivity contribution in [2.45, 2.75) is 13.3 Å². The van der Waals surface area contributed by atoms with Gasteiger partial charge in [0.05, 0.1) is 11.8 Å². The number of aryl methyl sites for hydroxylation is 1. The van der Waals surface area contributed by atoms with E-state index in [1.807, 2.05) is 48.5 Å². The molecule has 0 saturated carbocycles. The molecular formula is C27H22N8O2. The number of fused-ring (bicyclic) bond motifs is 1. The molecule has 0 saturated heterocycles. The van der Waals surface area contributed by atoms with Crippen molar-refractivity contribution in [3.05, 3.63) is 95.9 Å². The van der Waals surface area contributed by atoms with E-state index in [9.17, 15) is 15.2 Å². The number of benzene rings is 3. The third kappa shape index (κ3) is 4.61. The summed E-state index contributed by atoms with van der Waals surface area (Å²) in [6.45, 7) is 2.06. The molecule has 10 nitrogen and oxygen atoms in total. The lowest BCUT2D eigenvalue weighted by atomic mass is 10.0. The number of rotatable bonds is 7. The maximum Gasteiger partial charge on any atom is 0.259 e. The summed E-state index contributed by atoms with van der Waals surface area (Å²) >= 11 is 0. The van der Waals surface area contributed by atoms with Gasteiger partial charge in [-0.05, 0) is 41.6 Å². The monoisotopic (exact) mass is 490 g/mol. The standard InChI is InChI=1S/C27H22N8O2/c1-2-17-8-10-20(11-9-17)32-26(37)22-14-18-6-3-4-7-21(18)23(24(22)36)33-34-25-19(15-28)16-31-35(25)27-29-12-5-13-30-27/h3-14,16,33-34,36H,2H2,1H3,(H,32,37). The Labute approximate surface area is 212 Å². The maximum atomic E-state index is 13.2. The zero-order valence-corrected chi connectivity index (χ0v) is 19.8.